The summed E-state index contributed by atoms with van der Waals surface area (Å²) in [5, 5.41) is 0. The zero-order valence-electron chi connectivity index (χ0n) is 6.74. The summed E-state index contributed by atoms with van der Waals surface area (Å²) in [6.45, 7) is 2.26. The lowest BCUT2D eigenvalue weighted by atomic mass is 10.4. The molecule has 11 heavy (non-hydrogen) atoms. The maximum atomic E-state index is 11.3. The molecular formula is C6H12N2OS2. The number of hydrogen-bond donors (Lipinski definition) is 0. The maximum Gasteiger partial charge on any atom is 0.246 e. The third-order valence-corrected chi connectivity index (χ3v) is 3.23. The summed E-state index contributed by atoms with van der Waals surface area (Å²) in [6, 6.07) is 0. The van der Waals surface area contributed by atoms with Crippen LogP contribution in [-0.2, 0) is 25.6 Å². The minimum atomic E-state index is -0.307. The van der Waals surface area contributed by atoms with Crippen molar-refractivity contribution in [2.75, 3.05) is 32.9 Å². The average Bonchev–Trinajstić information content (AvgIpc) is 1.85. The van der Waals surface area contributed by atoms with Crippen LogP contribution in [0.3, 0.4) is 0 Å². The van der Waals surface area contributed by atoms with Gasteiger partial charge in [-0.05, 0) is 27.9 Å². The van der Waals surface area contributed by atoms with Gasteiger partial charge in [0.25, 0.3) is 0 Å². The Morgan fingerprint density at radius 2 is 2.18 bits per heavy atom. The number of carbonyl (C=O) groups excluding carboxylic acids is 1. The lowest BCUT2D eigenvalue weighted by molar-refractivity contribution is -0.129. The Morgan fingerprint density at radius 3 is 2.64 bits per heavy atom. The van der Waals surface area contributed by atoms with Crippen LogP contribution in [0.15, 0.2) is 0 Å². The van der Waals surface area contributed by atoms with Gasteiger partial charge in [-0.1, -0.05) is 0 Å². The van der Waals surface area contributed by atoms with Crippen LogP contribution in [0.1, 0.15) is 0 Å². The lowest BCUT2D eigenvalue weighted by Gasteiger charge is -2.31. The summed E-state index contributed by atoms with van der Waals surface area (Å²) < 4.78 is 1.77. The first-order chi connectivity index (χ1) is 5.11. The molecule has 0 aromatic heterocycles. The van der Waals surface area contributed by atoms with Crippen molar-refractivity contribution in [2.24, 2.45) is 0 Å². The van der Waals surface area contributed by atoms with Gasteiger partial charge in [-0.2, -0.15) is 0 Å². The van der Waals surface area contributed by atoms with E-state index < -0.39 is 0 Å². The van der Waals surface area contributed by atoms with Gasteiger partial charge in [-0.15, -0.1) is 0 Å². The van der Waals surface area contributed by atoms with Gasteiger partial charge in [-0.25, -0.2) is 0 Å². The van der Waals surface area contributed by atoms with E-state index in [2.05, 4.69) is 0 Å². The third-order valence-electron chi connectivity index (χ3n) is 1.68. The predicted molar refractivity (Wildman–Crippen MR) is 49.9 cm³/mol. The molecule has 1 rings (SSSR count). The number of likely N-dealkylation sites (N-methyl/N-ethyl adjacent to an activating group) is 1. The maximum absolute atomic E-state index is 11.3. The molecule has 5 heteroatoms. The van der Waals surface area contributed by atoms with Crippen LogP contribution in [0.25, 0.3) is 0 Å². The molecule has 0 bridgehead atoms. The normalized spacial score (nSPS) is 23.8. The van der Waals surface area contributed by atoms with E-state index in [0.717, 1.165) is 13.1 Å². The molecule has 0 aromatic rings. The summed E-state index contributed by atoms with van der Waals surface area (Å²) in [6.07, 6.45) is 1.90. The molecule has 1 heterocycles. The summed E-state index contributed by atoms with van der Waals surface area (Å²) in [4.78, 5) is 13.3. The fourth-order valence-corrected chi connectivity index (χ4v) is 2.20. The molecule has 0 saturated carbocycles. The third kappa shape index (κ3) is 2.21. The quantitative estimate of drug-likeness (QED) is 0.553. The smallest absolute Gasteiger partial charge is 0.246 e. The van der Waals surface area contributed by atoms with Crippen LogP contribution >= 0.6 is 0 Å². The van der Waals surface area contributed by atoms with E-state index in [1.165, 1.54) is 0 Å². The van der Waals surface area contributed by atoms with Gasteiger partial charge in [0.2, 0.25) is 5.91 Å². The van der Waals surface area contributed by atoms with Crippen molar-refractivity contribution >= 4 is 26.7 Å². The summed E-state index contributed by atoms with van der Waals surface area (Å²) in [5.74, 6) is 0.166. The van der Waals surface area contributed by atoms with Gasteiger partial charge >= 0.3 is 0 Å². The fourth-order valence-electron chi connectivity index (χ4n) is 1.05. The van der Waals surface area contributed by atoms with Crippen LogP contribution < -0.4 is 0 Å². The van der Waals surface area contributed by atoms with Gasteiger partial charge in [0.1, 0.15) is 0 Å². The first-order valence-corrected chi connectivity index (χ1v) is 5.95. The molecule has 1 saturated heterocycles. The molecule has 64 valence electrons. The molecule has 1 amide bonds. The molecule has 0 aliphatic carbocycles. The molecule has 0 spiro atoms. The first-order valence-electron chi connectivity index (χ1n) is 3.43. The highest BCUT2D eigenvalue weighted by Gasteiger charge is 2.21. The first kappa shape index (κ1) is 9.09. The minimum Gasteiger partial charge on any atom is -0.296 e. The molecule has 0 radical (unpaired) electrons. The second kappa shape index (κ2) is 3.60. The Labute approximate surface area is 74.1 Å². The van der Waals surface area contributed by atoms with Crippen LogP contribution in [0, 0.1) is 0 Å². The number of piperazine rings is 1. The topological polar surface area (TPSA) is 23.6 Å². The summed E-state index contributed by atoms with van der Waals surface area (Å²) >= 11 is 5.03. The van der Waals surface area contributed by atoms with Crippen molar-refractivity contribution in [3.8, 4) is 0 Å². The zero-order valence-corrected chi connectivity index (χ0v) is 8.37. The molecule has 1 aliphatic heterocycles. The van der Waals surface area contributed by atoms with Crippen molar-refractivity contribution in [1.82, 2.24) is 9.21 Å². The van der Waals surface area contributed by atoms with Crippen molar-refractivity contribution in [3.05, 3.63) is 0 Å². The van der Waals surface area contributed by atoms with Gasteiger partial charge < -0.3 is 0 Å². The molecule has 0 N–H and O–H groups in total. The van der Waals surface area contributed by atoms with Crippen LogP contribution in [0.5, 0.6) is 0 Å². The van der Waals surface area contributed by atoms with E-state index in [1.807, 2.05) is 18.2 Å². The van der Waals surface area contributed by atoms with Crippen LogP contribution in [0.4, 0.5) is 0 Å². The molecule has 0 aromatic carbocycles. The number of carbonyl (C=O) groups is 1. The molecular weight excluding hydrogens is 180 g/mol. The van der Waals surface area contributed by atoms with Gasteiger partial charge in [0.15, 0.2) is 0 Å². The Balaban J connectivity index is 2.58. The zero-order chi connectivity index (χ0) is 8.43. The summed E-state index contributed by atoms with van der Waals surface area (Å²) in [7, 11) is 1.64. The molecule has 3 nitrogen and oxygen atoms in total. The number of nitrogens with zero attached hydrogens (tertiary/aromatic N) is 2. The van der Waals surface area contributed by atoms with E-state index in [-0.39, 0.29) is 15.5 Å². The standard InChI is InChI=1S/C6H12N2OS2/c1-7-3-4-8(11(2)10)6(9)5-7/h3-5H2,1-2H3. The van der Waals surface area contributed by atoms with Crippen LogP contribution in [-0.4, -0.2) is 48.1 Å². The monoisotopic (exact) mass is 192 g/mol. The van der Waals surface area contributed by atoms with Gasteiger partial charge in [0, 0.05) is 19.3 Å². The highest BCUT2D eigenvalue weighted by molar-refractivity contribution is 8.27. The van der Waals surface area contributed by atoms with E-state index >= 15 is 0 Å². The summed E-state index contributed by atoms with van der Waals surface area (Å²) in [5.41, 5.74) is 0. The van der Waals surface area contributed by atoms with E-state index in [0.29, 0.717) is 6.54 Å². The van der Waals surface area contributed by atoms with E-state index in [9.17, 15) is 4.79 Å². The Kier molecular flexibility index (Phi) is 2.98. The predicted octanol–water partition coefficient (Wildman–Crippen LogP) is -0.615. The van der Waals surface area contributed by atoms with E-state index in [1.54, 1.807) is 4.31 Å². The van der Waals surface area contributed by atoms with Gasteiger partial charge in [-0.3, -0.25) is 14.0 Å². The molecule has 1 unspecified atom stereocenters. The number of rotatable bonds is 1. The van der Waals surface area contributed by atoms with Crippen molar-refractivity contribution in [1.29, 1.82) is 0 Å². The fraction of sp³-hybridized carbons (Fsp3) is 0.833. The Morgan fingerprint density at radius 1 is 1.55 bits per heavy atom. The van der Waals surface area contributed by atoms with Crippen molar-refractivity contribution in [2.45, 2.75) is 0 Å². The average molecular weight is 192 g/mol. The highest BCUT2D eigenvalue weighted by atomic mass is 32.8. The lowest BCUT2D eigenvalue weighted by Crippen LogP contribution is -2.48. The Bertz CT molecular complexity index is 195. The second-order valence-electron chi connectivity index (χ2n) is 2.66. The number of amides is 1. The molecule has 1 fully saturated rings. The van der Waals surface area contributed by atoms with Gasteiger partial charge in [0.05, 0.1) is 6.54 Å². The Hall–Kier alpha value is -0.0000000000000000555. The van der Waals surface area contributed by atoms with E-state index in [4.69, 9.17) is 11.2 Å². The van der Waals surface area contributed by atoms with Crippen molar-refractivity contribution < 1.29 is 4.79 Å². The largest absolute Gasteiger partial charge is 0.296 e. The molecule has 1 aliphatic rings. The highest BCUT2D eigenvalue weighted by Crippen LogP contribution is 2.02. The van der Waals surface area contributed by atoms with Crippen LogP contribution in [0.2, 0.25) is 0 Å². The van der Waals surface area contributed by atoms with Crippen molar-refractivity contribution in [3.63, 3.8) is 0 Å². The minimum absolute atomic E-state index is 0.166. The SMILES string of the molecule is CN1CCN(S(C)=S)C(=O)C1. The number of hydrogen-bond acceptors (Lipinski definition) is 3. The molecule has 1 atom stereocenters. The second-order valence-corrected chi connectivity index (χ2v) is 5.39.